The third-order valence-electron chi connectivity index (χ3n) is 24.7. The average Bonchev–Trinajstić information content (AvgIpc) is 1.56. The molecule has 12 aromatic carbocycles. The molecule has 0 saturated heterocycles. The summed E-state index contributed by atoms with van der Waals surface area (Å²) in [6.45, 7) is 14.0. The van der Waals surface area contributed by atoms with Crippen LogP contribution >= 0.6 is 0 Å². The monoisotopic (exact) mass is 1390 g/mol. The van der Waals surface area contributed by atoms with Crippen molar-refractivity contribution in [3.8, 4) is 77.9 Å². The number of rotatable bonds is 33. The van der Waals surface area contributed by atoms with Gasteiger partial charge in [0.15, 0.2) is 0 Å². The Balaban J connectivity index is 0.754. The first-order valence-corrected chi connectivity index (χ1v) is 41.1. The summed E-state index contributed by atoms with van der Waals surface area (Å²) < 4.78 is 0. The van der Waals surface area contributed by atoms with Crippen LogP contribution in [0.3, 0.4) is 0 Å². The van der Waals surface area contributed by atoms with E-state index in [4.69, 9.17) is 0 Å². The molecule has 0 heterocycles. The minimum atomic E-state index is -0.0942. The molecule has 0 radical (unpaired) electrons. The lowest BCUT2D eigenvalue weighted by Gasteiger charge is -2.33. The van der Waals surface area contributed by atoms with Crippen LogP contribution in [0.15, 0.2) is 273 Å². The van der Waals surface area contributed by atoms with E-state index in [2.05, 4.69) is 324 Å². The number of hydrogen-bond acceptors (Lipinski definition) is 2. The van der Waals surface area contributed by atoms with Crippen LogP contribution in [0.2, 0.25) is 0 Å². The standard InChI is InChI=1S/C104H110N2/c1-7-12-16-26-66-103(67-27-17-13-8-2)99-71-85(78-32-24-21-25-33-78)47-62-95(99)96-63-48-86(72-100(96)103)81-40-55-90(56-41-81)105(89-51-36-76(37-52-89)75(6)11-5)91-57-42-82(43-58-91)87-49-64-97-98-65-50-88(74-102(98)104(101(97)73-87,68-28-18-14-9-3)69-29-19-15-10-4)83-44-59-93(60-45-83)106(94-61-46-80-34-35-84(80)70-94)92-53-38-79(39-54-92)77-30-22-20-23-31-77/h20-25,30-33,36-65,70-75H,7-19,26-29,34-35,66-69H2,1-6H3. The van der Waals surface area contributed by atoms with Crippen molar-refractivity contribution in [1.82, 2.24) is 0 Å². The fourth-order valence-electron chi connectivity index (χ4n) is 18.3. The molecule has 2 nitrogen and oxygen atoms in total. The van der Waals surface area contributed by atoms with E-state index in [1.54, 1.807) is 5.56 Å². The molecule has 15 rings (SSSR count). The lowest BCUT2D eigenvalue weighted by Crippen LogP contribution is -2.25. The van der Waals surface area contributed by atoms with E-state index in [1.165, 1.54) is 250 Å². The molecule has 0 fully saturated rings. The maximum Gasteiger partial charge on any atom is 0.0464 e. The van der Waals surface area contributed by atoms with Gasteiger partial charge in [0.1, 0.15) is 0 Å². The lowest BCUT2D eigenvalue weighted by atomic mass is 9.70. The number of anilines is 6. The van der Waals surface area contributed by atoms with Gasteiger partial charge in [0, 0.05) is 45.0 Å². The zero-order valence-electron chi connectivity index (χ0n) is 64.2. The molecule has 1 atom stereocenters. The van der Waals surface area contributed by atoms with Gasteiger partial charge in [-0.2, -0.15) is 0 Å². The molecule has 3 aliphatic rings. The van der Waals surface area contributed by atoms with Gasteiger partial charge in [0.2, 0.25) is 0 Å². The fourth-order valence-corrected chi connectivity index (χ4v) is 18.3. The predicted octanol–water partition coefficient (Wildman–Crippen LogP) is 31.0. The molecule has 536 valence electrons. The largest absolute Gasteiger partial charge is 0.311 e. The molecule has 0 spiro atoms. The summed E-state index contributed by atoms with van der Waals surface area (Å²) >= 11 is 0. The number of unbranched alkanes of at least 4 members (excludes halogenated alkanes) is 12. The van der Waals surface area contributed by atoms with Crippen LogP contribution in [0.25, 0.3) is 77.9 Å². The van der Waals surface area contributed by atoms with E-state index in [-0.39, 0.29) is 10.8 Å². The molecule has 0 bridgehead atoms. The zero-order valence-corrected chi connectivity index (χ0v) is 64.2. The minimum Gasteiger partial charge on any atom is -0.311 e. The Bertz CT molecular complexity index is 4880. The number of benzene rings is 12. The van der Waals surface area contributed by atoms with E-state index >= 15 is 0 Å². The summed E-state index contributed by atoms with van der Waals surface area (Å²) in [4.78, 5) is 4.92. The molecule has 12 aromatic rings. The second-order valence-electron chi connectivity index (χ2n) is 31.4. The molecule has 0 aliphatic heterocycles. The van der Waals surface area contributed by atoms with Crippen LogP contribution in [0.5, 0.6) is 0 Å². The Morgan fingerprint density at radius 1 is 0.255 bits per heavy atom. The van der Waals surface area contributed by atoms with E-state index < -0.39 is 0 Å². The summed E-state index contributed by atoms with van der Waals surface area (Å²) in [5.74, 6) is 0.494. The van der Waals surface area contributed by atoms with Crippen LogP contribution in [0.4, 0.5) is 34.1 Å². The minimum absolute atomic E-state index is 0.0287. The highest BCUT2D eigenvalue weighted by Gasteiger charge is 2.44. The van der Waals surface area contributed by atoms with Crippen molar-refractivity contribution in [2.45, 2.75) is 206 Å². The topological polar surface area (TPSA) is 6.48 Å². The molecule has 0 aromatic heterocycles. The van der Waals surface area contributed by atoms with Crippen molar-refractivity contribution in [1.29, 1.82) is 0 Å². The van der Waals surface area contributed by atoms with Crippen LogP contribution < -0.4 is 9.80 Å². The summed E-state index contributed by atoms with van der Waals surface area (Å²) in [5, 5.41) is 0. The second kappa shape index (κ2) is 32.9. The van der Waals surface area contributed by atoms with E-state index in [9.17, 15) is 0 Å². The van der Waals surface area contributed by atoms with Gasteiger partial charge < -0.3 is 9.80 Å². The Morgan fingerprint density at radius 2 is 0.528 bits per heavy atom. The normalized spacial score (nSPS) is 13.6. The summed E-state index contributed by atoms with van der Waals surface area (Å²) in [6, 6.07) is 106. The molecule has 0 N–H and O–H groups in total. The molecule has 3 aliphatic carbocycles. The average molecular weight is 1390 g/mol. The molecule has 0 saturated carbocycles. The second-order valence-corrected chi connectivity index (χ2v) is 31.4. The van der Waals surface area contributed by atoms with Gasteiger partial charge in [0.25, 0.3) is 0 Å². The van der Waals surface area contributed by atoms with Gasteiger partial charge in [-0.25, -0.2) is 0 Å². The van der Waals surface area contributed by atoms with Crippen molar-refractivity contribution >= 4 is 34.1 Å². The van der Waals surface area contributed by atoms with Gasteiger partial charge in [0.05, 0.1) is 0 Å². The van der Waals surface area contributed by atoms with E-state index in [0.29, 0.717) is 5.92 Å². The Morgan fingerprint density at radius 3 is 0.830 bits per heavy atom. The summed E-state index contributed by atoms with van der Waals surface area (Å²) in [7, 11) is 0. The van der Waals surface area contributed by atoms with Crippen molar-refractivity contribution in [2.75, 3.05) is 9.80 Å². The first-order valence-electron chi connectivity index (χ1n) is 41.1. The van der Waals surface area contributed by atoms with Crippen molar-refractivity contribution < 1.29 is 0 Å². The SMILES string of the molecule is CCCCCCC1(CCCCCC)c2cc(-c3ccccc3)ccc2-c2ccc(-c3ccc(N(c4ccc(-c5ccc6c(c5)C(CCCCCC)(CCCCCC)c5cc(-c7ccc(N(c8ccc(-c9ccccc9)cc8)c8ccc9c(c8)CC9)cc7)ccc5-6)cc4)c4ccc(C(C)CC)cc4)cc3)cc21. The van der Waals surface area contributed by atoms with Crippen LogP contribution in [-0.4, -0.2) is 0 Å². The highest BCUT2D eigenvalue weighted by Crippen LogP contribution is 2.58. The highest BCUT2D eigenvalue weighted by molar-refractivity contribution is 5.90. The van der Waals surface area contributed by atoms with Gasteiger partial charge in [-0.05, 0) is 265 Å². The third kappa shape index (κ3) is 14.7. The Hall–Kier alpha value is -9.76. The molecule has 0 amide bonds. The zero-order chi connectivity index (χ0) is 72.4. The lowest BCUT2D eigenvalue weighted by molar-refractivity contribution is 0.401. The Kier molecular flexibility index (Phi) is 22.3. The molecule has 2 heteroatoms. The van der Waals surface area contributed by atoms with Crippen molar-refractivity contribution in [2.24, 2.45) is 0 Å². The van der Waals surface area contributed by atoms with Gasteiger partial charge in [-0.1, -0.05) is 320 Å². The smallest absolute Gasteiger partial charge is 0.0464 e. The predicted molar refractivity (Wildman–Crippen MR) is 457 cm³/mol. The maximum atomic E-state index is 2.63. The molecule has 1 unspecified atom stereocenters. The highest BCUT2D eigenvalue weighted by atomic mass is 15.1. The van der Waals surface area contributed by atoms with E-state index in [1.807, 2.05) is 0 Å². The van der Waals surface area contributed by atoms with Crippen LogP contribution in [-0.2, 0) is 23.7 Å². The number of fused-ring (bicyclic) bond motifs is 7. The van der Waals surface area contributed by atoms with Crippen LogP contribution in [0, 0.1) is 0 Å². The summed E-state index contributed by atoms with van der Waals surface area (Å²) in [6.07, 6.45) is 28.2. The number of nitrogens with zero attached hydrogens (tertiary/aromatic N) is 2. The van der Waals surface area contributed by atoms with E-state index in [0.717, 1.165) is 42.7 Å². The van der Waals surface area contributed by atoms with Crippen molar-refractivity contribution in [3.63, 3.8) is 0 Å². The van der Waals surface area contributed by atoms with Gasteiger partial charge in [-0.3, -0.25) is 0 Å². The maximum absolute atomic E-state index is 2.63. The quantitative estimate of drug-likeness (QED) is 0.0378. The number of hydrogen-bond donors (Lipinski definition) is 0. The third-order valence-corrected chi connectivity index (χ3v) is 24.7. The number of aryl methyl sites for hydroxylation is 2. The fraction of sp³-hybridized carbons (Fsp3) is 0.308. The first kappa shape index (κ1) is 71.8. The first-order chi connectivity index (χ1) is 52.2. The van der Waals surface area contributed by atoms with Crippen LogP contribution in [0.1, 0.15) is 221 Å². The summed E-state index contributed by atoms with van der Waals surface area (Å²) in [5.41, 5.74) is 35.8. The molecule has 106 heavy (non-hydrogen) atoms. The molecular formula is C104H110N2. The van der Waals surface area contributed by atoms with Gasteiger partial charge >= 0.3 is 0 Å². The Labute approximate surface area is 635 Å². The molecular weight excluding hydrogens is 1280 g/mol. The van der Waals surface area contributed by atoms with Gasteiger partial charge in [-0.15, -0.1) is 0 Å². The van der Waals surface area contributed by atoms with Crippen molar-refractivity contribution in [3.05, 3.63) is 312 Å².